The van der Waals surface area contributed by atoms with E-state index in [2.05, 4.69) is 31.3 Å². The minimum atomic E-state index is -0.222. The maximum absolute atomic E-state index is 11.7. The first kappa shape index (κ1) is 14.4. The molecular formula is C16H20N2O2. The van der Waals surface area contributed by atoms with Crippen LogP contribution in [0.25, 0.3) is 0 Å². The summed E-state index contributed by atoms with van der Waals surface area (Å²) in [6.45, 7) is 4.95. The van der Waals surface area contributed by atoms with Gasteiger partial charge in [0.1, 0.15) is 12.2 Å². The van der Waals surface area contributed by atoms with Crippen LogP contribution in [-0.4, -0.2) is 12.5 Å². The van der Waals surface area contributed by atoms with Crippen LogP contribution in [-0.2, 0) is 4.79 Å². The van der Waals surface area contributed by atoms with Crippen LogP contribution in [0.4, 0.5) is 0 Å². The number of benzene rings is 1. The molecule has 4 nitrogen and oxygen atoms in total. The first-order valence-electron chi connectivity index (χ1n) is 7.04. The molecule has 1 aromatic carbocycles. The maximum atomic E-state index is 11.7. The third-order valence-electron chi connectivity index (χ3n) is 3.55. The largest absolute Gasteiger partial charge is 0.493 e. The molecule has 0 saturated carbocycles. The minimum Gasteiger partial charge on any atom is -0.493 e. The molecule has 1 atom stereocenters. The van der Waals surface area contributed by atoms with Crippen molar-refractivity contribution in [2.24, 2.45) is 0 Å². The lowest BCUT2D eigenvalue weighted by atomic mass is 9.95. The Balaban J connectivity index is 2.29. The van der Waals surface area contributed by atoms with E-state index in [1.807, 2.05) is 12.1 Å². The van der Waals surface area contributed by atoms with Gasteiger partial charge in [-0.1, -0.05) is 19.9 Å². The lowest BCUT2D eigenvalue weighted by molar-refractivity contribution is -0.120. The molecule has 1 N–H and O–H groups in total. The Bertz CT molecular complexity index is 532. The zero-order valence-electron chi connectivity index (χ0n) is 12.0. The Morgan fingerprint density at radius 1 is 1.55 bits per heavy atom. The highest BCUT2D eigenvalue weighted by atomic mass is 16.5. The van der Waals surface area contributed by atoms with Crippen molar-refractivity contribution in [2.75, 3.05) is 6.61 Å². The van der Waals surface area contributed by atoms with Gasteiger partial charge in [-0.05, 0) is 36.5 Å². The molecule has 0 fully saturated rings. The summed E-state index contributed by atoms with van der Waals surface area (Å²) in [5, 5.41) is 11.5. The molecule has 1 unspecified atom stereocenters. The second kappa shape index (κ2) is 6.42. The van der Waals surface area contributed by atoms with Crippen LogP contribution in [0.1, 0.15) is 56.2 Å². The number of nitrogens with one attached hydrogen (secondary N) is 1. The Kier molecular flexibility index (Phi) is 4.62. The second-order valence-corrected chi connectivity index (χ2v) is 5.40. The van der Waals surface area contributed by atoms with E-state index < -0.39 is 0 Å². The number of carbonyl (C=O) groups excluding carboxylic acids is 1. The van der Waals surface area contributed by atoms with Crippen LogP contribution in [0.15, 0.2) is 18.2 Å². The average molecular weight is 272 g/mol. The lowest BCUT2D eigenvalue weighted by Crippen LogP contribution is -2.27. The van der Waals surface area contributed by atoms with Crippen molar-refractivity contribution in [1.82, 2.24) is 5.32 Å². The molecule has 106 valence electrons. The van der Waals surface area contributed by atoms with Gasteiger partial charge in [0.2, 0.25) is 5.91 Å². The number of amides is 1. The SMILES string of the molecule is CC(C)c1ccc2c(c1)C(NC(=O)CC#N)CCCO2. The van der Waals surface area contributed by atoms with E-state index in [0.717, 1.165) is 24.2 Å². The second-order valence-electron chi connectivity index (χ2n) is 5.40. The molecule has 2 rings (SSSR count). The van der Waals surface area contributed by atoms with E-state index in [1.165, 1.54) is 5.56 Å². The van der Waals surface area contributed by atoms with E-state index in [9.17, 15) is 4.79 Å². The van der Waals surface area contributed by atoms with Gasteiger partial charge in [0.05, 0.1) is 18.7 Å². The predicted octanol–water partition coefficient (Wildman–Crippen LogP) is 3.05. The number of fused-ring (bicyclic) bond motifs is 1. The fraction of sp³-hybridized carbons (Fsp3) is 0.500. The van der Waals surface area contributed by atoms with E-state index >= 15 is 0 Å². The molecule has 1 aromatic rings. The summed E-state index contributed by atoms with van der Waals surface area (Å²) in [5.41, 5.74) is 2.26. The van der Waals surface area contributed by atoms with Crippen LogP contribution < -0.4 is 10.1 Å². The molecule has 1 aliphatic rings. The number of hydrogen-bond donors (Lipinski definition) is 1. The standard InChI is InChI=1S/C16H20N2O2/c1-11(2)12-5-6-15-13(10-12)14(4-3-9-20-15)18-16(19)7-8-17/h5-6,10-11,14H,3-4,7,9H2,1-2H3,(H,18,19). The molecule has 1 amide bonds. The number of nitriles is 1. The smallest absolute Gasteiger partial charge is 0.234 e. The zero-order valence-corrected chi connectivity index (χ0v) is 12.0. The minimum absolute atomic E-state index is 0.0629. The molecule has 0 saturated heterocycles. The van der Waals surface area contributed by atoms with Gasteiger partial charge < -0.3 is 10.1 Å². The number of carbonyl (C=O) groups is 1. The third-order valence-corrected chi connectivity index (χ3v) is 3.55. The monoisotopic (exact) mass is 272 g/mol. The van der Waals surface area contributed by atoms with Crippen molar-refractivity contribution in [3.63, 3.8) is 0 Å². The van der Waals surface area contributed by atoms with E-state index in [0.29, 0.717) is 12.5 Å². The highest BCUT2D eigenvalue weighted by Gasteiger charge is 2.22. The molecule has 0 radical (unpaired) electrons. The molecule has 0 aliphatic carbocycles. The molecule has 0 bridgehead atoms. The van der Waals surface area contributed by atoms with Crippen LogP contribution in [0, 0.1) is 11.3 Å². The van der Waals surface area contributed by atoms with Crippen LogP contribution >= 0.6 is 0 Å². The van der Waals surface area contributed by atoms with Gasteiger partial charge in [-0.25, -0.2) is 0 Å². The van der Waals surface area contributed by atoms with Gasteiger partial charge in [0.25, 0.3) is 0 Å². The quantitative estimate of drug-likeness (QED) is 0.919. The van der Waals surface area contributed by atoms with E-state index in [-0.39, 0.29) is 18.4 Å². The van der Waals surface area contributed by atoms with Gasteiger partial charge in [0.15, 0.2) is 0 Å². The first-order valence-corrected chi connectivity index (χ1v) is 7.04. The van der Waals surface area contributed by atoms with Crippen molar-refractivity contribution >= 4 is 5.91 Å². The summed E-state index contributed by atoms with van der Waals surface area (Å²) >= 11 is 0. The van der Waals surface area contributed by atoms with Gasteiger partial charge in [-0.2, -0.15) is 5.26 Å². The predicted molar refractivity (Wildman–Crippen MR) is 76.4 cm³/mol. The summed E-state index contributed by atoms with van der Waals surface area (Å²) in [4.78, 5) is 11.7. The number of ether oxygens (including phenoxy) is 1. The topological polar surface area (TPSA) is 62.1 Å². The summed E-state index contributed by atoms with van der Waals surface area (Å²) in [6.07, 6.45) is 1.63. The Morgan fingerprint density at radius 3 is 3.05 bits per heavy atom. The first-order chi connectivity index (χ1) is 9.61. The van der Waals surface area contributed by atoms with Crippen molar-refractivity contribution in [3.05, 3.63) is 29.3 Å². The van der Waals surface area contributed by atoms with Crippen molar-refractivity contribution in [2.45, 2.75) is 45.1 Å². The summed E-state index contributed by atoms with van der Waals surface area (Å²) < 4.78 is 5.74. The molecule has 1 aliphatic heterocycles. The van der Waals surface area contributed by atoms with Gasteiger partial charge in [-0.3, -0.25) is 4.79 Å². The Labute approximate surface area is 119 Å². The average Bonchev–Trinajstić information content (AvgIpc) is 2.61. The lowest BCUT2D eigenvalue weighted by Gasteiger charge is -2.19. The molecule has 20 heavy (non-hydrogen) atoms. The van der Waals surface area contributed by atoms with E-state index in [4.69, 9.17) is 10.00 Å². The van der Waals surface area contributed by atoms with Crippen molar-refractivity contribution in [1.29, 1.82) is 5.26 Å². The normalized spacial score (nSPS) is 17.6. The van der Waals surface area contributed by atoms with Crippen molar-refractivity contribution in [3.8, 4) is 11.8 Å². The molecule has 0 aromatic heterocycles. The van der Waals surface area contributed by atoms with Gasteiger partial charge >= 0.3 is 0 Å². The number of rotatable bonds is 3. The molecule has 1 heterocycles. The molecule has 0 spiro atoms. The number of hydrogen-bond acceptors (Lipinski definition) is 3. The van der Waals surface area contributed by atoms with Crippen LogP contribution in [0.3, 0.4) is 0 Å². The van der Waals surface area contributed by atoms with Crippen molar-refractivity contribution < 1.29 is 9.53 Å². The Hall–Kier alpha value is -2.02. The van der Waals surface area contributed by atoms with Gasteiger partial charge in [-0.15, -0.1) is 0 Å². The number of nitrogens with zero attached hydrogens (tertiary/aromatic N) is 1. The fourth-order valence-corrected chi connectivity index (χ4v) is 2.42. The molecule has 4 heteroatoms. The van der Waals surface area contributed by atoms with E-state index in [1.54, 1.807) is 0 Å². The van der Waals surface area contributed by atoms with Gasteiger partial charge in [0, 0.05) is 5.56 Å². The molecular weight excluding hydrogens is 252 g/mol. The fourth-order valence-electron chi connectivity index (χ4n) is 2.42. The highest BCUT2D eigenvalue weighted by molar-refractivity contribution is 5.78. The maximum Gasteiger partial charge on any atom is 0.234 e. The summed E-state index contributed by atoms with van der Waals surface area (Å²) in [6, 6.07) is 7.99. The Morgan fingerprint density at radius 2 is 2.35 bits per heavy atom. The van der Waals surface area contributed by atoms with Crippen LogP contribution in [0.5, 0.6) is 5.75 Å². The zero-order chi connectivity index (χ0) is 14.5. The highest BCUT2D eigenvalue weighted by Crippen LogP contribution is 2.33. The summed E-state index contributed by atoms with van der Waals surface area (Å²) in [5.74, 6) is 1.05. The summed E-state index contributed by atoms with van der Waals surface area (Å²) in [7, 11) is 0. The van der Waals surface area contributed by atoms with Crippen LogP contribution in [0.2, 0.25) is 0 Å². The third kappa shape index (κ3) is 3.30.